The van der Waals surface area contributed by atoms with E-state index in [4.69, 9.17) is 5.11 Å². The monoisotopic (exact) mass is 254 g/mol. The molecule has 2 N–H and O–H groups in total. The molecule has 18 heavy (non-hydrogen) atoms. The summed E-state index contributed by atoms with van der Waals surface area (Å²) in [5, 5.41) is 12.5. The van der Waals surface area contributed by atoms with Crippen molar-refractivity contribution in [2.45, 2.75) is 57.5 Å². The zero-order chi connectivity index (χ0) is 13.0. The second kappa shape index (κ2) is 6.53. The van der Waals surface area contributed by atoms with Crippen LogP contribution in [0.5, 0.6) is 0 Å². The van der Waals surface area contributed by atoms with Gasteiger partial charge in [0.15, 0.2) is 0 Å². The highest BCUT2D eigenvalue weighted by atomic mass is 16.4. The molecular weight excluding hydrogens is 228 g/mol. The number of rotatable bonds is 7. The van der Waals surface area contributed by atoms with E-state index in [0.29, 0.717) is 18.4 Å². The van der Waals surface area contributed by atoms with Crippen molar-refractivity contribution in [1.82, 2.24) is 10.2 Å². The average molecular weight is 254 g/mol. The van der Waals surface area contributed by atoms with Crippen LogP contribution in [0.25, 0.3) is 0 Å². The largest absolute Gasteiger partial charge is 0.481 e. The zero-order valence-electron chi connectivity index (χ0n) is 11.4. The minimum Gasteiger partial charge on any atom is -0.481 e. The molecule has 1 aliphatic heterocycles. The van der Waals surface area contributed by atoms with Gasteiger partial charge in [-0.1, -0.05) is 6.92 Å². The van der Waals surface area contributed by atoms with Gasteiger partial charge in [0.2, 0.25) is 0 Å². The van der Waals surface area contributed by atoms with E-state index >= 15 is 0 Å². The Morgan fingerprint density at radius 1 is 1.33 bits per heavy atom. The van der Waals surface area contributed by atoms with E-state index in [9.17, 15) is 4.79 Å². The van der Waals surface area contributed by atoms with Gasteiger partial charge in [0.05, 0.1) is 0 Å². The molecule has 1 saturated heterocycles. The van der Waals surface area contributed by atoms with Crippen molar-refractivity contribution in [3.05, 3.63) is 0 Å². The Hall–Kier alpha value is -0.610. The van der Waals surface area contributed by atoms with Crippen molar-refractivity contribution < 1.29 is 9.90 Å². The van der Waals surface area contributed by atoms with Crippen LogP contribution >= 0.6 is 0 Å². The Morgan fingerprint density at radius 3 is 2.72 bits per heavy atom. The number of hydrogen-bond acceptors (Lipinski definition) is 3. The van der Waals surface area contributed by atoms with Gasteiger partial charge in [-0.15, -0.1) is 0 Å². The maximum atomic E-state index is 10.7. The molecule has 4 nitrogen and oxygen atoms in total. The fourth-order valence-corrected chi connectivity index (χ4v) is 3.04. The molecule has 4 heteroatoms. The molecule has 0 spiro atoms. The van der Waals surface area contributed by atoms with E-state index in [0.717, 1.165) is 38.5 Å². The Morgan fingerprint density at radius 2 is 2.11 bits per heavy atom. The summed E-state index contributed by atoms with van der Waals surface area (Å²) in [6.07, 6.45) is 6.14. The van der Waals surface area contributed by atoms with Crippen LogP contribution in [0, 0.1) is 5.92 Å². The molecule has 104 valence electrons. The summed E-state index contributed by atoms with van der Waals surface area (Å²) in [4.78, 5) is 13.2. The van der Waals surface area contributed by atoms with Crippen LogP contribution < -0.4 is 5.32 Å². The predicted molar refractivity (Wildman–Crippen MR) is 71.7 cm³/mol. The van der Waals surface area contributed by atoms with Crippen LogP contribution in [0.1, 0.15) is 45.4 Å². The minimum atomic E-state index is -0.658. The van der Waals surface area contributed by atoms with Crippen molar-refractivity contribution in [1.29, 1.82) is 0 Å². The van der Waals surface area contributed by atoms with Crippen LogP contribution in [0.15, 0.2) is 0 Å². The predicted octanol–water partition coefficient (Wildman–Crippen LogP) is 1.70. The maximum absolute atomic E-state index is 10.7. The van der Waals surface area contributed by atoms with Gasteiger partial charge in [-0.05, 0) is 44.6 Å². The minimum absolute atomic E-state index is 0.320. The molecule has 0 aromatic carbocycles. The van der Waals surface area contributed by atoms with Crippen molar-refractivity contribution in [3.63, 3.8) is 0 Å². The SMILES string of the molecule is CCCN1CC(CCC(=O)O)CC(NC2CC2)C1. The molecule has 0 radical (unpaired) electrons. The van der Waals surface area contributed by atoms with Crippen molar-refractivity contribution in [2.75, 3.05) is 19.6 Å². The highest BCUT2D eigenvalue weighted by molar-refractivity contribution is 5.66. The van der Waals surface area contributed by atoms with Crippen LogP contribution in [0.3, 0.4) is 0 Å². The second-order valence-corrected chi connectivity index (χ2v) is 5.93. The summed E-state index contributed by atoms with van der Waals surface area (Å²) in [5.74, 6) is -0.105. The molecule has 0 aromatic rings. The third-order valence-electron chi connectivity index (χ3n) is 3.97. The topological polar surface area (TPSA) is 52.6 Å². The van der Waals surface area contributed by atoms with E-state index in [1.54, 1.807) is 0 Å². The second-order valence-electron chi connectivity index (χ2n) is 5.93. The molecule has 1 heterocycles. The molecular formula is C14H26N2O2. The third kappa shape index (κ3) is 4.58. The van der Waals surface area contributed by atoms with Crippen LogP contribution in [-0.2, 0) is 4.79 Å². The number of carboxylic acids is 1. The standard InChI is InChI=1S/C14H26N2O2/c1-2-7-16-9-11(3-6-14(17)18)8-13(10-16)15-12-4-5-12/h11-13,15H,2-10H2,1H3,(H,17,18). The number of carbonyl (C=O) groups is 1. The Labute approximate surface area is 110 Å². The first-order valence-corrected chi connectivity index (χ1v) is 7.37. The fourth-order valence-electron chi connectivity index (χ4n) is 3.04. The molecule has 2 rings (SSSR count). The summed E-state index contributed by atoms with van der Waals surface area (Å²) in [5.41, 5.74) is 0. The lowest BCUT2D eigenvalue weighted by atomic mass is 9.90. The van der Waals surface area contributed by atoms with Gasteiger partial charge in [-0.3, -0.25) is 4.79 Å². The number of aliphatic carboxylic acids is 1. The lowest BCUT2D eigenvalue weighted by Crippen LogP contribution is -2.50. The van der Waals surface area contributed by atoms with Crippen LogP contribution in [0.2, 0.25) is 0 Å². The Kier molecular flexibility index (Phi) is 5.01. The van der Waals surface area contributed by atoms with Crippen molar-refractivity contribution in [3.8, 4) is 0 Å². The molecule has 2 fully saturated rings. The number of likely N-dealkylation sites (tertiary alicyclic amines) is 1. The highest BCUT2D eigenvalue weighted by Gasteiger charge is 2.31. The first kappa shape index (κ1) is 13.8. The number of nitrogens with zero attached hydrogens (tertiary/aromatic N) is 1. The Bertz CT molecular complexity index is 279. The molecule has 0 bridgehead atoms. The number of nitrogens with one attached hydrogen (secondary N) is 1. The molecule has 2 unspecified atom stereocenters. The molecule has 0 aromatic heterocycles. The van der Waals surface area contributed by atoms with Gasteiger partial charge >= 0.3 is 5.97 Å². The third-order valence-corrected chi connectivity index (χ3v) is 3.97. The summed E-state index contributed by atoms with van der Waals surface area (Å²) < 4.78 is 0. The summed E-state index contributed by atoms with van der Waals surface area (Å²) in [7, 11) is 0. The van der Waals surface area contributed by atoms with E-state index in [2.05, 4.69) is 17.1 Å². The summed E-state index contributed by atoms with van der Waals surface area (Å²) in [6.45, 7) is 5.59. The van der Waals surface area contributed by atoms with Gasteiger partial charge in [-0.25, -0.2) is 0 Å². The van der Waals surface area contributed by atoms with Gasteiger partial charge in [0, 0.05) is 31.6 Å². The van der Waals surface area contributed by atoms with Gasteiger partial charge in [0.1, 0.15) is 0 Å². The normalized spacial score (nSPS) is 29.4. The lowest BCUT2D eigenvalue weighted by molar-refractivity contribution is -0.137. The van der Waals surface area contributed by atoms with Crippen LogP contribution in [0.4, 0.5) is 0 Å². The number of piperidine rings is 1. The molecule has 1 saturated carbocycles. The van der Waals surface area contributed by atoms with Crippen molar-refractivity contribution in [2.24, 2.45) is 5.92 Å². The van der Waals surface area contributed by atoms with E-state index in [1.165, 1.54) is 19.3 Å². The average Bonchev–Trinajstić information content (AvgIpc) is 3.10. The van der Waals surface area contributed by atoms with E-state index in [-0.39, 0.29) is 0 Å². The lowest BCUT2D eigenvalue weighted by Gasteiger charge is -2.38. The van der Waals surface area contributed by atoms with E-state index in [1.807, 2.05) is 0 Å². The van der Waals surface area contributed by atoms with Gasteiger partial charge < -0.3 is 15.3 Å². The van der Waals surface area contributed by atoms with Gasteiger partial charge in [-0.2, -0.15) is 0 Å². The van der Waals surface area contributed by atoms with Gasteiger partial charge in [0.25, 0.3) is 0 Å². The molecule has 2 atom stereocenters. The zero-order valence-corrected chi connectivity index (χ0v) is 11.4. The molecule has 2 aliphatic rings. The highest BCUT2D eigenvalue weighted by Crippen LogP contribution is 2.26. The summed E-state index contributed by atoms with van der Waals surface area (Å²) in [6, 6.07) is 1.33. The number of carboxylic acid groups (broad SMARTS) is 1. The smallest absolute Gasteiger partial charge is 0.303 e. The maximum Gasteiger partial charge on any atom is 0.303 e. The first-order valence-electron chi connectivity index (χ1n) is 7.37. The first-order chi connectivity index (χ1) is 8.67. The molecule has 1 aliphatic carbocycles. The fraction of sp³-hybridized carbons (Fsp3) is 0.929. The summed E-state index contributed by atoms with van der Waals surface area (Å²) >= 11 is 0. The Balaban J connectivity index is 1.81. The van der Waals surface area contributed by atoms with Crippen LogP contribution in [-0.4, -0.2) is 47.7 Å². The molecule has 0 amide bonds. The van der Waals surface area contributed by atoms with Crippen molar-refractivity contribution >= 4 is 5.97 Å². The number of hydrogen-bond donors (Lipinski definition) is 2. The van der Waals surface area contributed by atoms with E-state index < -0.39 is 5.97 Å². The quantitative estimate of drug-likeness (QED) is 0.726.